The van der Waals surface area contributed by atoms with Crippen LogP contribution in [-0.2, 0) is 4.79 Å². The van der Waals surface area contributed by atoms with Crippen molar-refractivity contribution in [2.45, 2.75) is 30.7 Å². The molecule has 0 bridgehead atoms. The number of carbonyl (C=O) groups excluding carboxylic acids is 1. The maximum absolute atomic E-state index is 11.7. The fraction of sp³-hybridized carbons (Fsp3) is 0.462. The topological polar surface area (TPSA) is 29.1 Å². The molecular weight excluding hydrogens is 298 g/mol. The van der Waals surface area contributed by atoms with Crippen molar-refractivity contribution in [1.29, 1.82) is 0 Å². The molecule has 0 saturated heterocycles. The van der Waals surface area contributed by atoms with Gasteiger partial charge in [-0.15, -0.1) is 11.8 Å². The van der Waals surface area contributed by atoms with Crippen LogP contribution in [0.15, 0.2) is 33.6 Å². The molecule has 17 heavy (non-hydrogen) atoms. The Balaban J connectivity index is 1.73. The minimum atomic E-state index is 0.136. The van der Waals surface area contributed by atoms with Crippen molar-refractivity contribution < 1.29 is 4.79 Å². The maximum atomic E-state index is 11.7. The van der Waals surface area contributed by atoms with Crippen LogP contribution in [0.1, 0.15) is 19.8 Å². The van der Waals surface area contributed by atoms with Crippen LogP contribution in [0, 0.1) is 5.92 Å². The van der Waals surface area contributed by atoms with Gasteiger partial charge >= 0.3 is 0 Å². The Kier molecular flexibility index (Phi) is 4.51. The molecule has 2 rings (SSSR count). The Morgan fingerprint density at radius 1 is 1.47 bits per heavy atom. The van der Waals surface area contributed by atoms with E-state index in [1.54, 1.807) is 11.8 Å². The van der Waals surface area contributed by atoms with Crippen LogP contribution in [0.3, 0.4) is 0 Å². The molecule has 0 aromatic heterocycles. The van der Waals surface area contributed by atoms with Gasteiger partial charge in [0.1, 0.15) is 0 Å². The highest BCUT2D eigenvalue weighted by Gasteiger charge is 2.28. The van der Waals surface area contributed by atoms with Gasteiger partial charge in [0.25, 0.3) is 0 Å². The van der Waals surface area contributed by atoms with Gasteiger partial charge in [0.15, 0.2) is 0 Å². The summed E-state index contributed by atoms with van der Waals surface area (Å²) in [5.74, 6) is 1.35. The first-order chi connectivity index (χ1) is 8.15. The van der Waals surface area contributed by atoms with E-state index < -0.39 is 0 Å². The third-order valence-electron chi connectivity index (χ3n) is 2.90. The molecule has 92 valence electrons. The number of halogens is 1. The molecule has 0 aliphatic heterocycles. The Labute approximate surface area is 115 Å². The Hall–Kier alpha value is -0.480. The van der Waals surface area contributed by atoms with E-state index in [0.717, 1.165) is 15.3 Å². The van der Waals surface area contributed by atoms with E-state index in [0.29, 0.717) is 11.8 Å². The molecule has 1 aromatic carbocycles. The lowest BCUT2D eigenvalue weighted by atomic mass is 10.2. The minimum absolute atomic E-state index is 0.136. The molecule has 0 spiro atoms. The second-order valence-corrected chi connectivity index (χ2v) is 6.40. The van der Waals surface area contributed by atoms with Crippen molar-refractivity contribution in [3.8, 4) is 0 Å². The van der Waals surface area contributed by atoms with Gasteiger partial charge in [-0.2, -0.15) is 0 Å². The third-order valence-corrected chi connectivity index (χ3v) is 4.44. The number of hydrogen-bond acceptors (Lipinski definition) is 2. The summed E-state index contributed by atoms with van der Waals surface area (Å²) in [6, 6.07) is 8.37. The van der Waals surface area contributed by atoms with Crippen LogP contribution >= 0.6 is 27.7 Å². The van der Waals surface area contributed by atoms with E-state index >= 15 is 0 Å². The molecule has 1 amide bonds. The molecule has 1 N–H and O–H groups in total. The number of benzene rings is 1. The summed E-state index contributed by atoms with van der Waals surface area (Å²) in [5, 5.41) is 3.05. The van der Waals surface area contributed by atoms with Crippen LogP contribution in [0.5, 0.6) is 0 Å². The van der Waals surface area contributed by atoms with Gasteiger partial charge in [0.2, 0.25) is 5.91 Å². The number of nitrogens with one attached hydrogen (secondary N) is 1. The van der Waals surface area contributed by atoms with Crippen LogP contribution < -0.4 is 5.32 Å². The molecule has 0 unspecified atom stereocenters. The molecule has 2 nitrogen and oxygen atoms in total. The summed E-state index contributed by atoms with van der Waals surface area (Å²) < 4.78 is 1.06. The summed E-state index contributed by atoms with van der Waals surface area (Å²) in [6.07, 6.45) is 2.53. The number of carbonyl (C=O) groups is 1. The second kappa shape index (κ2) is 5.91. The number of amides is 1. The Bertz CT molecular complexity index is 389. The fourth-order valence-corrected chi connectivity index (χ4v) is 2.66. The van der Waals surface area contributed by atoms with Gasteiger partial charge in [-0.1, -0.05) is 15.9 Å². The average Bonchev–Trinajstić information content (AvgIpc) is 3.12. The highest BCUT2D eigenvalue weighted by molar-refractivity contribution is 9.10. The zero-order valence-corrected chi connectivity index (χ0v) is 12.2. The largest absolute Gasteiger partial charge is 0.353 e. The molecule has 0 radical (unpaired) electrons. The van der Waals surface area contributed by atoms with Crippen molar-refractivity contribution in [3.63, 3.8) is 0 Å². The first-order valence-electron chi connectivity index (χ1n) is 5.83. The first kappa shape index (κ1) is 13.0. The van der Waals surface area contributed by atoms with Gasteiger partial charge in [-0.05, 0) is 49.9 Å². The lowest BCUT2D eigenvalue weighted by Crippen LogP contribution is -2.35. The van der Waals surface area contributed by atoms with Crippen molar-refractivity contribution in [3.05, 3.63) is 28.7 Å². The van der Waals surface area contributed by atoms with E-state index in [1.807, 2.05) is 24.3 Å². The maximum Gasteiger partial charge on any atom is 0.230 e. The fourth-order valence-electron chi connectivity index (χ4n) is 1.69. The molecule has 1 atom stereocenters. The summed E-state index contributed by atoms with van der Waals surface area (Å²) in [6.45, 7) is 2.10. The van der Waals surface area contributed by atoms with Crippen molar-refractivity contribution in [2.75, 3.05) is 5.75 Å². The Morgan fingerprint density at radius 2 is 2.12 bits per heavy atom. The molecule has 1 aliphatic rings. The summed E-state index contributed by atoms with van der Waals surface area (Å²) in [5.41, 5.74) is 0. The lowest BCUT2D eigenvalue weighted by molar-refractivity contribution is -0.119. The summed E-state index contributed by atoms with van der Waals surface area (Å²) >= 11 is 4.97. The van der Waals surface area contributed by atoms with Gasteiger partial charge in [-0.3, -0.25) is 4.79 Å². The second-order valence-electron chi connectivity index (χ2n) is 4.44. The summed E-state index contributed by atoms with van der Waals surface area (Å²) in [7, 11) is 0. The van der Waals surface area contributed by atoms with E-state index in [4.69, 9.17) is 0 Å². The molecule has 1 aromatic rings. The number of thioether (sulfide) groups is 1. The predicted octanol–water partition coefficient (Wildman–Crippen LogP) is 3.46. The minimum Gasteiger partial charge on any atom is -0.353 e. The van der Waals surface area contributed by atoms with Crippen LogP contribution in [0.25, 0.3) is 0 Å². The third kappa shape index (κ3) is 4.36. The molecular formula is C13H16BrNOS. The van der Waals surface area contributed by atoms with Crippen molar-refractivity contribution >= 4 is 33.6 Å². The monoisotopic (exact) mass is 313 g/mol. The smallest absolute Gasteiger partial charge is 0.230 e. The van der Waals surface area contributed by atoms with Crippen molar-refractivity contribution in [1.82, 2.24) is 5.32 Å². The SMILES string of the molecule is C[C@H](NC(=O)CSc1ccc(Br)cc1)C1CC1. The zero-order chi connectivity index (χ0) is 12.3. The van der Waals surface area contributed by atoms with Gasteiger partial charge < -0.3 is 5.32 Å². The molecule has 1 aliphatic carbocycles. The predicted molar refractivity (Wildman–Crippen MR) is 75.2 cm³/mol. The van der Waals surface area contributed by atoms with Gasteiger partial charge in [0.05, 0.1) is 5.75 Å². The molecule has 1 fully saturated rings. The lowest BCUT2D eigenvalue weighted by Gasteiger charge is -2.12. The zero-order valence-electron chi connectivity index (χ0n) is 9.78. The normalized spacial score (nSPS) is 16.6. The molecule has 4 heteroatoms. The first-order valence-corrected chi connectivity index (χ1v) is 7.61. The molecule has 0 heterocycles. The van der Waals surface area contributed by atoms with Crippen LogP contribution in [-0.4, -0.2) is 17.7 Å². The van der Waals surface area contributed by atoms with Crippen LogP contribution in [0.4, 0.5) is 0 Å². The van der Waals surface area contributed by atoms with Crippen LogP contribution in [0.2, 0.25) is 0 Å². The number of rotatable bonds is 5. The standard InChI is InChI=1S/C13H16BrNOS/c1-9(10-2-3-10)15-13(16)8-17-12-6-4-11(14)5-7-12/h4-7,9-10H,2-3,8H2,1H3,(H,15,16)/t9-/m0/s1. The van der Waals surface area contributed by atoms with E-state index in [1.165, 1.54) is 12.8 Å². The quantitative estimate of drug-likeness (QED) is 0.843. The Morgan fingerprint density at radius 3 is 2.71 bits per heavy atom. The average molecular weight is 314 g/mol. The van der Waals surface area contributed by atoms with E-state index in [2.05, 4.69) is 28.2 Å². The summed E-state index contributed by atoms with van der Waals surface area (Å²) in [4.78, 5) is 12.8. The highest BCUT2D eigenvalue weighted by Crippen LogP contribution is 2.32. The van der Waals surface area contributed by atoms with E-state index in [9.17, 15) is 4.79 Å². The number of hydrogen-bond donors (Lipinski definition) is 1. The van der Waals surface area contributed by atoms with Gasteiger partial charge in [0, 0.05) is 15.4 Å². The van der Waals surface area contributed by atoms with Gasteiger partial charge in [-0.25, -0.2) is 0 Å². The highest BCUT2D eigenvalue weighted by atomic mass is 79.9. The van der Waals surface area contributed by atoms with Crippen molar-refractivity contribution in [2.24, 2.45) is 5.92 Å². The van der Waals surface area contributed by atoms with E-state index in [-0.39, 0.29) is 5.91 Å². The molecule has 1 saturated carbocycles.